The van der Waals surface area contributed by atoms with Gasteiger partial charge in [-0.3, -0.25) is 0 Å². The molecule has 0 spiro atoms. The van der Waals surface area contributed by atoms with Gasteiger partial charge in [-0.1, -0.05) is 12.8 Å². The van der Waals surface area contributed by atoms with Crippen LogP contribution in [0.1, 0.15) is 38.5 Å². The van der Waals surface area contributed by atoms with Crippen molar-refractivity contribution < 1.29 is 4.74 Å². The molecule has 2 unspecified atom stereocenters. The first-order valence-electron chi connectivity index (χ1n) is 6.44. The zero-order valence-corrected chi connectivity index (χ0v) is 9.58. The zero-order chi connectivity index (χ0) is 10.5. The molecule has 2 rings (SSSR count). The lowest BCUT2D eigenvalue weighted by Gasteiger charge is -2.32. The van der Waals surface area contributed by atoms with Crippen LogP contribution in [-0.4, -0.2) is 31.8 Å². The third-order valence-electron chi connectivity index (χ3n) is 3.82. The van der Waals surface area contributed by atoms with Crippen LogP contribution in [0.2, 0.25) is 0 Å². The first kappa shape index (κ1) is 11.4. The monoisotopic (exact) mass is 212 g/mol. The van der Waals surface area contributed by atoms with Gasteiger partial charge in [-0.15, -0.1) is 0 Å². The van der Waals surface area contributed by atoms with Gasteiger partial charge in [0.1, 0.15) is 0 Å². The molecule has 2 aliphatic rings. The molecule has 3 N–H and O–H groups in total. The molecule has 0 aromatic heterocycles. The van der Waals surface area contributed by atoms with Gasteiger partial charge < -0.3 is 15.8 Å². The standard InChI is InChI=1S/C12H24N2O/c13-8-12(10-4-3-7-15-9-10)14-11-5-1-2-6-11/h10-12,14H,1-9,13H2. The van der Waals surface area contributed by atoms with Gasteiger partial charge in [0.2, 0.25) is 0 Å². The maximum atomic E-state index is 5.86. The Morgan fingerprint density at radius 2 is 2.00 bits per heavy atom. The molecule has 0 amide bonds. The Hall–Kier alpha value is -0.120. The summed E-state index contributed by atoms with van der Waals surface area (Å²) in [6, 6.07) is 1.20. The molecule has 0 bridgehead atoms. The molecule has 3 heteroatoms. The van der Waals surface area contributed by atoms with Crippen LogP contribution >= 0.6 is 0 Å². The number of rotatable bonds is 4. The predicted octanol–water partition coefficient (Wildman–Crippen LogP) is 1.27. The van der Waals surface area contributed by atoms with E-state index >= 15 is 0 Å². The molecule has 2 fully saturated rings. The summed E-state index contributed by atoms with van der Waals surface area (Å²) in [7, 11) is 0. The first-order valence-corrected chi connectivity index (χ1v) is 6.44. The summed E-state index contributed by atoms with van der Waals surface area (Å²) in [5, 5.41) is 3.73. The fourth-order valence-corrected chi connectivity index (χ4v) is 2.87. The van der Waals surface area contributed by atoms with Crippen molar-refractivity contribution >= 4 is 0 Å². The summed E-state index contributed by atoms with van der Waals surface area (Å²) >= 11 is 0. The van der Waals surface area contributed by atoms with Crippen molar-refractivity contribution in [3.8, 4) is 0 Å². The highest BCUT2D eigenvalue weighted by Gasteiger charge is 2.26. The molecule has 1 aliphatic heterocycles. The van der Waals surface area contributed by atoms with Gasteiger partial charge in [0.05, 0.1) is 6.61 Å². The van der Waals surface area contributed by atoms with E-state index in [-0.39, 0.29) is 0 Å². The Bertz CT molecular complexity index is 174. The minimum Gasteiger partial charge on any atom is -0.381 e. The Kier molecular flexibility index (Phi) is 4.42. The fourth-order valence-electron chi connectivity index (χ4n) is 2.87. The quantitative estimate of drug-likeness (QED) is 0.738. The smallest absolute Gasteiger partial charge is 0.0509 e. The molecule has 0 radical (unpaired) electrons. The van der Waals surface area contributed by atoms with Gasteiger partial charge in [0.15, 0.2) is 0 Å². The zero-order valence-electron chi connectivity index (χ0n) is 9.58. The van der Waals surface area contributed by atoms with Crippen LogP contribution in [0.4, 0.5) is 0 Å². The average molecular weight is 212 g/mol. The van der Waals surface area contributed by atoms with Crippen LogP contribution in [0.3, 0.4) is 0 Å². The van der Waals surface area contributed by atoms with Gasteiger partial charge in [-0.2, -0.15) is 0 Å². The number of hydrogen-bond acceptors (Lipinski definition) is 3. The predicted molar refractivity (Wildman–Crippen MR) is 61.8 cm³/mol. The Balaban J connectivity index is 1.79. The van der Waals surface area contributed by atoms with Crippen molar-refractivity contribution in [2.75, 3.05) is 19.8 Å². The minimum atomic E-state index is 0.480. The van der Waals surface area contributed by atoms with Crippen molar-refractivity contribution in [3.63, 3.8) is 0 Å². The lowest BCUT2D eigenvalue weighted by molar-refractivity contribution is 0.0387. The van der Waals surface area contributed by atoms with Crippen molar-refractivity contribution in [2.24, 2.45) is 11.7 Å². The Morgan fingerprint density at radius 3 is 2.60 bits per heavy atom. The summed E-state index contributed by atoms with van der Waals surface area (Å²) in [6.45, 7) is 2.60. The maximum absolute atomic E-state index is 5.86. The highest BCUT2D eigenvalue weighted by Crippen LogP contribution is 2.22. The number of nitrogens with two attached hydrogens (primary N) is 1. The molecular weight excluding hydrogens is 188 g/mol. The maximum Gasteiger partial charge on any atom is 0.0509 e. The van der Waals surface area contributed by atoms with Crippen LogP contribution in [-0.2, 0) is 4.74 Å². The van der Waals surface area contributed by atoms with E-state index in [0.717, 1.165) is 25.8 Å². The minimum absolute atomic E-state index is 0.480. The second-order valence-electron chi connectivity index (χ2n) is 4.97. The number of nitrogens with one attached hydrogen (secondary N) is 1. The van der Waals surface area contributed by atoms with Crippen molar-refractivity contribution in [1.29, 1.82) is 0 Å². The SMILES string of the molecule is NCC(NC1CCCC1)C1CCCOC1. The molecule has 1 aliphatic carbocycles. The van der Waals surface area contributed by atoms with E-state index in [2.05, 4.69) is 5.32 Å². The van der Waals surface area contributed by atoms with Crippen LogP contribution in [0.5, 0.6) is 0 Å². The molecule has 1 heterocycles. The second-order valence-corrected chi connectivity index (χ2v) is 4.97. The highest BCUT2D eigenvalue weighted by atomic mass is 16.5. The lowest BCUT2D eigenvalue weighted by atomic mass is 9.93. The Labute approximate surface area is 92.7 Å². The first-order chi connectivity index (χ1) is 7.40. The van der Waals surface area contributed by atoms with Gasteiger partial charge in [0.25, 0.3) is 0 Å². The molecule has 1 saturated carbocycles. The van der Waals surface area contributed by atoms with Gasteiger partial charge in [0, 0.05) is 25.2 Å². The molecular formula is C12H24N2O. The van der Waals surface area contributed by atoms with Crippen LogP contribution in [0.15, 0.2) is 0 Å². The Morgan fingerprint density at radius 1 is 1.20 bits per heavy atom. The van der Waals surface area contributed by atoms with E-state index in [1.54, 1.807) is 0 Å². The number of ether oxygens (including phenoxy) is 1. The van der Waals surface area contributed by atoms with E-state index in [4.69, 9.17) is 10.5 Å². The summed E-state index contributed by atoms with van der Waals surface area (Å²) < 4.78 is 5.53. The van der Waals surface area contributed by atoms with Crippen molar-refractivity contribution in [1.82, 2.24) is 5.32 Å². The lowest BCUT2D eigenvalue weighted by Crippen LogP contribution is -2.48. The molecule has 3 nitrogen and oxygen atoms in total. The van der Waals surface area contributed by atoms with Crippen LogP contribution < -0.4 is 11.1 Å². The largest absolute Gasteiger partial charge is 0.381 e. The van der Waals surface area contributed by atoms with Crippen LogP contribution in [0.25, 0.3) is 0 Å². The van der Waals surface area contributed by atoms with E-state index in [9.17, 15) is 0 Å². The summed E-state index contributed by atoms with van der Waals surface area (Å²) in [6.07, 6.45) is 7.93. The third-order valence-corrected chi connectivity index (χ3v) is 3.82. The van der Waals surface area contributed by atoms with E-state index in [0.29, 0.717) is 12.0 Å². The topological polar surface area (TPSA) is 47.3 Å². The van der Waals surface area contributed by atoms with E-state index < -0.39 is 0 Å². The molecule has 15 heavy (non-hydrogen) atoms. The van der Waals surface area contributed by atoms with E-state index in [1.165, 1.54) is 38.5 Å². The van der Waals surface area contributed by atoms with Gasteiger partial charge in [-0.05, 0) is 31.6 Å². The van der Waals surface area contributed by atoms with E-state index in [1.807, 2.05) is 0 Å². The second kappa shape index (κ2) is 5.83. The molecule has 2 atom stereocenters. The van der Waals surface area contributed by atoms with Crippen LogP contribution in [0, 0.1) is 5.92 Å². The average Bonchev–Trinajstić information content (AvgIpc) is 2.80. The fraction of sp³-hybridized carbons (Fsp3) is 1.00. The molecule has 0 aromatic carbocycles. The summed E-state index contributed by atoms with van der Waals surface area (Å²) in [4.78, 5) is 0. The summed E-state index contributed by atoms with van der Waals surface area (Å²) in [5.74, 6) is 0.643. The van der Waals surface area contributed by atoms with Gasteiger partial charge >= 0.3 is 0 Å². The normalized spacial score (nSPS) is 30.6. The number of hydrogen-bond donors (Lipinski definition) is 2. The molecule has 0 aromatic rings. The van der Waals surface area contributed by atoms with Crippen molar-refractivity contribution in [2.45, 2.75) is 50.6 Å². The third kappa shape index (κ3) is 3.16. The molecule has 1 saturated heterocycles. The summed E-state index contributed by atoms with van der Waals surface area (Å²) in [5.41, 5.74) is 5.86. The highest BCUT2D eigenvalue weighted by molar-refractivity contribution is 4.84. The van der Waals surface area contributed by atoms with Gasteiger partial charge in [-0.25, -0.2) is 0 Å². The van der Waals surface area contributed by atoms with Crippen molar-refractivity contribution in [3.05, 3.63) is 0 Å². The molecule has 88 valence electrons.